The average Bonchev–Trinajstić information content (AvgIpc) is 2.27. The number of hydrogen-bond donors (Lipinski definition) is 2. The lowest BCUT2D eigenvalue weighted by Gasteiger charge is -2.08. The quantitative estimate of drug-likeness (QED) is 0.574. The number of ether oxygens (including phenoxy) is 1. The minimum Gasteiger partial charge on any atom is -0.388 e. The predicted molar refractivity (Wildman–Crippen MR) is 68.0 cm³/mol. The smallest absolute Gasteiger partial charge is 0.261 e. The van der Waals surface area contributed by atoms with Gasteiger partial charge in [0.25, 0.3) is 6.43 Å². The van der Waals surface area contributed by atoms with Crippen molar-refractivity contribution in [3.63, 3.8) is 0 Å². The van der Waals surface area contributed by atoms with Crippen LogP contribution in [0.5, 0.6) is 0 Å². The number of aryl methyl sites for hydroxylation is 1. The van der Waals surface area contributed by atoms with E-state index in [1.165, 1.54) is 0 Å². The lowest BCUT2D eigenvalue weighted by Crippen LogP contribution is -2.17. The Morgan fingerprint density at radius 2 is 2.28 bits per heavy atom. The highest BCUT2D eigenvalue weighted by Gasteiger charge is 2.04. The second kappa shape index (κ2) is 7.12. The number of thiocarbonyl (C=S) groups is 1. The Kier molecular flexibility index (Phi) is 5.79. The number of halogens is 2. The van der Waals surface area contributed by atoms with Crippen LogP contribution in [0, 0.1) is 6.92 Å². The Balaban J connectivity index is 2.44. The fourth-order valence-corrected chi connectivity index (χ4v) is 1.29. The molecule has 1 heterocycles. The molecule has 0 amide bonds. The summed E-state index contributed by atoms with van der Waals surface area (Å²) in [7, 11) is 0. The summed E-state index contributed by atoms with van der Waals surface area (Å²) in [4.78, 5) is 8.36. The van der Waals surface area contributed by atoms with Crippen molar-refractivity contribution in [2.45, 2.75) is 13.3 Å². The van der Waals surface area contributed by atoms with Gasteiger partial charge in [-0.2, -0.15) is 0 Å². The Labute approximate surface area is 109 Å². The Bertz CT molecular complexity index is 417. The molecule has 0 saturated heterocycles. The summed E-state index contributed by atoms with van der Waals surface area (Å²) in [6.45, 7) is 1.67. The van der Waals surface area contributed by atoms with E-state index in [9.17, 15) is 8.78 Å². The summed E-state index contributed by atoms with van der Waals surface area (Å²) < 4.78 is 28.3. The molecule has 100 valence electrons. The zero-order valence-corrected chi connectivity index (χ0v) is 10.6. The van der Waals surface area contributed by atoms with Gasteiger partial charge >= 0.3 is 0 Å². The number of nitrogens with one attached hydrogen (secondary N) is 1. The molecule has 0 saturated carbocycles. The van der Waals surface area contributed by atoms with Gasteiger partial charge in [0.2, 0.25) is 5.95 Å². The number of nitrogens with two attached hydrogens (primary N) is 1. The second-order valence-corrected chi connectivity index (χ2v) is 3.92. The minimum absolute atomic E-state index is 0.143. The molecule has 18 heavy (non-hydrogen) atoms. The molecular weight excluding hydrogens is 262 g/mol. The summed E-state index contributed by atoms with van der Waals surface area (Å²) in [5.74, 6) is 0.346. The number of nitrogens with zero attached hydrogens (tertiary/aromatic N) is 2. The largest absolute Gasteiger partial charge is 0.388 e. The van der Waals surface area contributed by atoms with Crippen LogP contribution in [-0.4, -0.2) is 41.1 Å². The van der Waals surface area contributed by atoms with E-state index in [2.05, 4.69) is 15.3 Å². The maximum absolute atomic E-state index is 11.8. The van der Waals surface area contributed by atoms with Gasteiger partial charge in [0, 0.05) is 12.2 Å². The monoisotopic (exact) mass is 276 g/mol. The first kappa shape index (κ1) is 14.7. The lowest BCUT2D eigenvalue weighted by molar-refractivity contribution is 0.0214. The van der Waals surface area contributed by atoms with Gasteiger partial charge in [-0.3, -0.25) is 0 Å². The molecule has 0 unspecified atom stereocenters. The highest BCUT2D eigenvalue weighted by atomic mass is 32.1. The highest BCUT2D eigenvalue weighted by molar-refractivity contribution is 7.80. The third-order valence-corrected chi connectivity index (χ3v) is 2.09. The van der Waals surface area contributed by atoms with E-state index in [1.54, 1.807) is 13.0 Å². The van der Waals surface area contributed by atoms with Crippen molar-refractivity contribution in [3.05, 3.63) is 17.5 Å². The summed E-state index contributed by atoms with van der Waals surface area (Å²) in [5, 5.41) is 2.85. The van der Waals surface area contributed by atoms with Crippen molar-refractivity contribution in [1.82, 2.24) is 9.97 Å². The first-order chi connectivity index (χ1) is 8.49. The zero-order valence-electron chi connectivity index (χ0n) is 9.82. The molecule has 1 rings (SSSR count). The third kappa shape index (κ3) is 5.28. The molecule has 0 atom stereocenters. The molecule has 1 aromatic rings. The maximum atomic E-state index is 11.8. The third-order valence-electron chi connectivity index (χ3n) is 1.88. The van der Waals surface area contributed by atoms with E-state index < -0.39 is 13.0 Å². The first-order valence-corrected chi connectivity index (χ1v) is 5.65. The van der Waals surface area contributed by atoms with Gasteiger partial charge in [-0.15, -0.1) is 0 Å². The molecule has 3 N–H and O–H groups in total. The molecule has 1 aromatic heterocycles. The van der Waals surface area contributed by atoms with Crippen LogP contribution in [0.2, 0.25) is 0 Å². The van der Waals surface area contributed by atoms with Crippen LogP contribution in [0.4, 0.5) is 14.7 Å². The van der Waals surface area contributed by atoms with Crippen molar-refractivity contribution >= 4 is 23.2 Å². The van der Waals surface area contributed by atoms with Gasteiger partial charge in [0.15, 0.2) is 0 Å². The molecule has 8 heteroatoms. The van der Waals surface area contributed by atoms with Gasteiger partial charge in [0.1, 0.15) is 17.3 Å². The Hall–Kier alpha value is -1.41. The van der Waals surface area contributed by atoms with Gasteiger partial charge < -0.3 is 15.8 Å². The van der Waals surface area contributed by atoms with Gasteiger partial charge in [-0.05, 0) is 13.0 Å². The first-order valence-electron chi connectivity index (χ1n) is 5.24. The lowest BCUT2D eigenvalue weighted by atomic mass is 10.3. The molecule has 0 aliphatic heterocycles. The van der Waals surface area contributed by atoms with Gasteiger partial charge in [0.05, 0.1) is 6.61 Å². The summed E-state index contributed by atoms with van der Waals surface area (Å²) >= 11 is 4.82. The normalized spacial score (nSPS) is 10.7. The second-order valence-electron chi connectivity index (χ2n) is 3.48. The van der Waals surface area contributed by atoms with Crippen LogP contribution < -0.4 is 11.1 Å². The van der Waals surface area contributed by atoms with E-state index >= 15 is 0 Å². The van der Waals surface area contributed by atoms with Gasteiger partial charge in [-0.25, -0.2) is 18.7 Å². The van der Waals surface area contributed by atoms with Crippen molar-refractivity contribution in [2.24, 2.45) is 5.73 Å². The average molecular weight is 276 g/mol. The van der Waals surface area contributed by atoms with Crippen LogP contribution in [-0.2, 0) is 4.74 Å². The molecule has 0 aromatic carbocycles. The molecule has 0 radical (unpaired) electrons. The van der Waals surface area contributed by atoms with E-state index in [0.29, 0.717) is 23.9 Å². The van der Waals surface area contributed by atoms with Crippen LogP contribution in [0.15, 0.2) is 6.07 Å². The van der Waals surface area contributed by atoms with Crippen LogP contribution in [0.25, 0.3) is 0 Å². The van der Waals surface area contributed by atoms with E-state index in [1.807, 2.05) is 0 Å². The fourth-order valence-electron chi connectivity index (χ4n) is 1.18. The molecule has 0 aliphatic carbocycles. The number of anilines is 1. The van der Waals surface area contributed by atoms with Crippen LogP contribution in [0.3, 0.4) is 0 Å². The molecule has 0 fully saturated rings. The van der Waals surface area contributed by atoms with Crippen molar-refractivity contribution in [1.29, 1.82) is 0 Å². The molecule has 5 nitrogen and oxygen atoms in total. The Morgan fingerprint density at radius 3 is 2.89 bits per heavy atom. The van der Waals surface area contributed by atoms with Crippen molar-refractivity contribution in [3.8, 4) is 0 Å². The van der Waals surface area contributed by atoms with E-state index in [4.69, 9.17) is 22.7 Å². The Morgan fingerprint density at radius 1 is 1.56 bits per heavy atom. The number of alkyl halides is 2. The molecule has 0 spiro atoms. The molecule has 0 bridgehead atoms. The number of hydrogen-bond acceptors (Lipinski definition) is 5. The van der Waals surface area contributed by atoms with Crippen LogP contribution in [0.1, 0.15) is 11.4 Å². The van der Waals surface area contributed by atoms with E-state index in [0.717, 1.165) is 0 Å². The fraction of sp³-hybridized carbons (Fsp3) is 0.500. The van der Waals surface area contributed by atoms with Crippen molar-refractivity contribution in [2.75, 3.05) is 25.1 Å². The summed E-state index contributed by atoms with van der Waals surface area (Å²) in [6.07, 6.45) is -2.46. The topological polar surface area (TPSA) is 73.1 Å². The summed E-state index contributed by atoms with van der Waals surface area (Å²) in [5.41, 5.74) is 6.64. The predicted octanol–water partition coefficient (Wildman–Crippen LogP) is 1.11. The zero-order chi connectivity index (χ0) is 13.5. The molecule has 0 aliphatic rings. The number of aromatic nitrogens is 2. The standard InChI is InChI=1S/C10H14F2N4OS/c1-6-4-7(9(13)18)16-10(15-6)14-2-3-17-5-8(11)12/h4,8H,2-3,5H2,1H3,(H2,13,18)(H,14,15,16). The summed E-state index contributed by atoms with van der Waals surface area (Å²) in [6, 6.07) is 1.67. The SMILES string of the molecule is Cc1cc(C(N)=S)nc(NCCOCC(F)F)n1. The minimum atomic E-state index is -2.46. The highest BCUT2D eigenvalue weighted by Crippen LogP contribution is 2.04. The van der Waals surface area contributed by atoms with Gasteiger partial charge in [-0.1, -0.05) is 12.2 Å². The maximum Gasteiger partial charge on any atom is 0.261 e. The van der Waals surface area contributed by atoms with E-state index in [-0.39, 0.29) is 11.6 Å². The number of rotatable bonds is 7. The van der Waals surface area contributed by atoms with Crippen molar-refractivity contribution < 1.29 is 13.5 Å². The molecular formula is C10H14F2N4OS. The van der Waals surface area contributed by atoms with Crippen LogP contribution >= 0.6 is 12.2 Å².